The number of aliphatic imine (C=N–C) groups is 2. The van der Waals surface area contributed by atoms with E-state index in [9.17, 15) is 0 Å². The second kappa shape index (κ2) is 12.6. The molecular formula is C49H33N3O. The molecule has 4 nitrogen and oxygen atoms in total. The van der Waals surface area contributed by atoms with E-state index >= 15 is 0 Å². The number of nitrogens with two attached hydrogens (primary N) is 1. The van der Waals surface area contributed by atoms with Gasteiger partial charge in [-0.15, -0.1) is 0 Å². The van der Waals surface area contributed by atoms with Crippen LogP contribution in [0.5, 0.6) is 0 Å². The third kappa shape index (κ3) is 5.31. The first kappa shape index (κ1) is 30.8. The average Bonchev–Trinajstić information content (AvgIpc) is 3.62. The predicted octanol–water partition coefficient (Wildman–Crippen LogP) is 12.2. The fourth-order valence-corrected chi connectivity index (χ4v) is 7.79. The van der Waals surface area contributed by atoms with Crippen LogP contribution in [0, 0.1) is 0 Å². The van der Waals surface area contributed by atoms with Crippen LogP contribution in [0.3, 0.4) is 0 Å². The summed E-state index contributed by atoms with van der Waals surface area (Å²) in [6.45, 7) is 0.434. The fraction of sp³-hybridized carbons (Fsp3) is 0.0204. The number of rotatable bonds is 5. The molecule has 0 fully saturated rings. The number of para-hydroxylation sites is 1. The quantitative estimate of drug-likeness (QED) is 0.112. The molecule has 2 N–H and O–H groups in total. The maximum Gasteiger partial charge on any atom is 0.157 e. The van der Waals surface area contributed by atoms with Crippen molar-refractivity contribution in [2.75, 3.05) is 0 Å². The van der Waals surface area contributed by atoms with E-state index in [2.05, 4.69) is 140 Å². The molecule has 4 heteroatoms. The van der Waals surface area contributed by atoms with Gasteiger partial charge in [0.25, 0.3) is 0 Å². The van der Waals surface area contributed by atoms with E-state index in [0.29, 0.717) is 18.2 Å². The number of benzene rings is 9. The summed E-state index contributed by atoms with van der Waals surface area (Å²) >= 11 is 0. The Labute approximate surface area is 306 Å². The molecule has 0 saturated heterocycles. The maximum atomic E-state index is 7.13. The van der Waals surface area contributed by atoms with Gasteiger partial charge in [-0.05, 0) is 84.5 Å². The summed E-state index contributed by atoms with van der Waals surface area (Å²) in [5, 5.41) is 11.3. The van der Waals surface area contributed by atoms with Crippen LogP contribution in [-0.4, -0.2) is 11.7 Å². The lowest BCUT2D eigenvalue weighted by Crippen LogP contribution is -2.17. The SMILES string of the molecule is NC(=NC(=NCc1ccc2ccc3ccccc3c2c1)c1cc2ccccc2c2ccccc12)c1ccc(-c2ccccc2)c2oc3ccccc3c12. The van der Waals surface area contributed by atoms with Gasteiger partial charge in [-0.3, -0.25) is 4.99 Å². The Kier molecular flexibility index (Phi) is 7.33. The van der Waals surface area contributed by atoms with Gasteiger partial charge in [0.2, 0.25) is 0 Å². The molecule has 0 aliphatic heterocycles. The summed E-state index contributed by atoms with van der Waals surface area (Å²) in [4.78, 5) is 10.5. The second-order valence-electron chi connectivity index (χ2n) is 13.5. The van der Waals surface area contributed by atoms with E-state index < -0.39 is 0 Å². The van der Waals surface area contributed by atoms with Crippen molar-refractivity contribution in [2.45, 2.75) is 6.54 Å². The third-order valence-electron chi connectivity index (χ3n) is 10.3. The Morgan fingerprint density at radius 1 is 0.491 bits per heavy atom. The zero-order valence-electron chi connectivity index (χ0n) is 28.8. The van der Waals surface area contributed by atoms with Crippen molar-refractivity contribution in [1.29, 1.82) is 0 Å². The van der Waals surface area contributed by atoms with Gasteiger partial charge in [0.15, 0.2) is 5.84 Å². The smallest absolute Gasteiger partial charge is 0.157 e. The van der Waals surface area contributed by atoms with E-state index in [1.54, 1.807) is 0 Å². The van der Waals surface area contributed by atoms with Crippen molar-refractivity contribution >= 4 is 76.7 Å². The number of hydrogen-bond acceptors (Lipinski definition) is 2. The van der Waals surface area contributed by atoms with Crippen LogP contribution in [0.2, 0.25) is 0 Å². The summed E-state index contributed by atoms with van der Waals surface area (Å²) in [6, 6.07) is 61.2. The molecule has 250 valence electrons. The zero-order valence-corrected chi connectivity index (χ0v) is 28.8. The molecule has 0 amide bonds. The standard InChI is InChI=1S/C49H33N3O/c50-48(42-27-26-38(32-12-2-1-3-13-32)47-46(42)41-20-10-11-21-45(41)53-47)52-49(44-29-35-15-5-7-17-37(35)39-18-8-9-19-40(39)44)51-30-31-22-23-34-25-24-33-14-4-6-16-36(33)43(34)28-31/h1-29H,30H2,(H2,50,51,52). The van der Waals surface area contributed by atoms with Crippen LogP contribution in [-0.2, 0) is 6.54 Å². The minimum absolute atomic E-state index is 0.377. The van der Waals surface area contributed by atoms with Crippen LogP contribution < -0.4 is 5.73 Å². The van der Waals surface area contributed by atoms with Gasteiger partial charge in [0.1, 0.15) is 17.0 Å². The van der Waals surface area contributed by atoms with Crippen molar-refractivity contribution in [3.05, 3.63) is 193 Å². The average molecular weight is 680 g/mol. The minimum Gasteiger partial charge on any atom is -0.455 e. The predicted molar refractivity (Wildman–Crippen MR) is 223 cm³/mol. The molecule has 0 bridgehead atoms. The third-order valence-corrected chi connectivity index (χ3v) is 10.3. The zero-order chi connectivity index (χ0) is 35.3. The fourth-order valence-electron chi connectivity index (χ4n) is 7.79. The number of fused-ring (bicyclic) bond motifs is 9. The van der Waals surface area contributed by atoms with E-state index in [1.165, 1.54) is 26.9 Å². The molecule has 0 atom stereocenters. The van der Waals surface area contributed by atoms with Crippen molar-refractivity contribution < 1.29 is 4.42 Å². The maximum absolute atomic E-state index is 7.13. The van der Waals surface area contributed by atoms with Gasteiger partial charge in [-0.2, -0.15) is 0 Å². The summed E-state index contributed by atoms with van der Waals surface area (Å²) < 4.78 is 6.55. The Morgan fingerprint density at radius 3 is 1.92 bits per heavy atom. The number of nitrogens with zero attached hydrogens (tertiary/aromatic N) is 2. The lowest BCUT2D eigenvalue weighted by Gasteiger charge is -2.13. The van der Waals surface area contributed by atoms with Crippen LogP contribution in [0.15, 0.2) is 190 Å². The molecule has 0 saturated carbocycles. The molecule has 10 aromatic rings. The highest BCUT2D eigenvalue weighted by Gasteiger charge is 2.19. The molecule has 0 aliphatic carbocycles. The normalized spacial score (nSPS) is 12.5. The van der Waals surface area contributed by atoms with Crippen molar-refractivity contribution in [1.82, 2.24) is 0 Å². The van der Waals surface area contributed by atoms with Gasteiger partial charge in [0, 0.05) is 27.5 Å². The first-order valence-corrected chi connectivity index (χ1v) is 17.9. The lowest BCUT2D eigenvalue weighted by molar-refractivity contribution is 0.670. The van der Waals surface area contributed by atoms with Crippen LogP contribution >= 0.6 is 0 Å². The van der Waals surface area contributed by atoms with E-state index in [-0.39, 0.29) is 0 Å². The highest BCUT2D eigenvalue weighted by molar-refractivity contribution is 6.25. The van der Waals surface area contributed by atoms with Gasteiger partial charge in [-0.1, -0.05) is 146 Å². The van der Waals surface area contributed by atoms with E-state index in [0.717, 1.165) is 65.9 Å². The first-order valence-electron chi connectivity index (χ1n) is 17.9. The monoisotopic (exact) mass is 679 g/mol. The minimum atomic E-state index is 0.377. The molecule has 0 aliphatic rings. The van der Waals surface area contributed by atoms with Crippen molar-refractivity contribution in [3.8, 4) is 11.1 Å². The Balaban J connectivity index is 1.18. The summed E-state index contributed by atoms with van der Waals surface area (Å²) in [5.41, 5.74) is 13.6. The highest BCUT2D eigenvalue weighted by atomic mass is 16.3. The molecular weight excluding hydrogens is 647 g/mol. The van der Waals surface area contributed by atoms with Crippen LogP contribution in [0.25, 0.3) is 76.2 Å². The number of furan rings is 1. The molecule has 1 aromatic heterocycles. The lowest BCUT2D eigenvalue weighted by atomic mass is 9.96. The van der Waals surface area contributed by atoms with Crippen molar-refractivity contribution in [3.63, 3.8) is 0 Å². The summed E-state index contributed by atoms with van der Waals surface area (Å²) in [5.74, 6) is 0.956. The highest BCUT2D eigenvalue weighted by Crippen LogP contribution is 2.38. The largest absolute Gasteiger partial charge is 0.455 e. The topological polar surface area (TPSA) is 63.9 Å². The molecule has 0 radical (unpaired) electrons. The summed E-state index contributed by atoms with van der Waals surface area (Å²) in [7, 11) is 0. The molecule has 0 unspecified atom stereocenters. The molecule has 1 heterocycles. The van der Waals surface area contributed by atoms with E-state index in [4.69, 9.17) is 20.1 Å². The van der Waals surface area contributed by atoms with Crippen molar-refractivity contribution in [2.24, 2.45) is 15.7 Å². The Morgan fingerprint density at radius 2 is 1.11 bits per heavy atom. The summed E-state index contributed by atoms with van der Waals surface area (Å²) in [6.07, 6.45) is 0. The van der Waals surface area contributed by atoms with Crippen LogP contribution in [0.4, 0.5) is 0 Å². The van der Waals surface area contributed by atoms with Gasteiger partial charge in [0.05, 0.1) is 6.54 Å². The second-order valence-corrected chi connectivity index (χ2v) is 13.5. The Bertz CT molecular complexity index is 3100. The molecule has 53 heavy (non-hydrogen) atoms. The van der Waals surface area contributed by atoms with Gasteiger partial charge >= 0.3 is 0 Å². The first-order chi connectivity index (χ1) is 26.2. The Hall–Kier alpha value is -7.04. The molecule has 0 spiro atoms. The number of amidine groups is 2. The van der Waals surface area contributed by atoms with Crippen LogP contribution in [0.1, 0.15) is 16.7 Å². The molecule has 10 rings (SSSR count). The van der Waals surface area contributed by atoms with Gasteiger partial charge < -0.3 is 10.2 Å². The van der Waals surface area contributed by atoms with Gasteiger partial charge in [-0.25, -0.2) is 4.99 Å². The number of hydrogen-bond donors (Lipinski definition) is 1. The molecule has 9 aromatic carbocycles. The van der Waals surface area contributed by atoms with E-state index in [1.807, 2.05) is 36.4 Å².